The third-order valence-electron chi connectivity index (χ3n) is 5.07. The number of sulfone groups is 2. The zero-order valence-corrected chi connectivity index (χ0v) is 16.7. The van der Waals surface area contributed by atoms with Gasteiger partial charge in [0, 0.05) is 12.5 Å². The van der Waals surface area contributed by atoms with Gasteiger partial charge in [-0.05, 0) is 37.9 Å². The number of nitrogens with zero attached hydrogens (tertiary/aromatic N) is 1. The quantitative estimate of drug-likeness (QED) is 0.765. The van der Waals surface area contributed by atoms with Crippen molar-refractivity contribution in [2.75, 3.05) is 31.1 Å². The van der Waals surface area contributed by atoms with Crippen LogP contribution in [0, 0.1) is 0 Å². The van der Waals surface area contributed by atoms with Crippen molar-refractivity contribution in [3.63, 3.8) is 0 Å². The summed E-state index contributed by atoms with van der Waals surface area (Å²) in [5, 5.41) is 0. The first-order valence-corrected chi connectivity index (χ1v) is 12.0. The summed E-state index contributed by atoms with van der Waals surface area (Å²) in [4.78, 5) is 2.19. The fourth-order valence-electron chi connectivity index (χ4n) is 3.79. The van der Waals surface area contributed by atoms with Gasteiger partial charge in [-0.25, -0.2) is 16.8 Å². The van der Waals surface area contributed by atoms with Crippen LogP contribution in [0.15, 0.2) is 30.3 Å². The Balaban J connectivity index is 0.00000225. The van der Waals surface area contributed by atoms with Gasteiger partial charge in [0.25, 0.3) is 0 Å². The summed E-state index contributed by atoms with van der Waals surface area (Å²) in [6.45, 7) is 2.44. The second-order valence-electron chi connectivity index (χ2n) is 6.89. The highest BCUT2D eigenvalue weighted by atomic mass is 35.5. The van der Waals surface area contributed by atoms with Gasteiger partial charge in [0.15, 0.2) is 24.3 Å². The van der Waals surface area contributed by atoms with Crippen molar-refractivity contribution in [2.45, 2.75) is 36.2 Å². The minimum Gasteiger partial charge on any atom is -0.303 e. The van der Waals surface area contributed by atoms with Crippen LogP contribution in [-0.2, 0) is 19.7 Å². The van der Waals surface area contributed by atoms with Crippen LogP contribution in [0.3, 0.4) is 0 Å². The third kappa shape index (κ3) is 4.96. The normalized spacial score (nSPS) is 28.8. The minimum atomic E-state index is -3.64. The summed E-state index contributed by atoms with van der Waals surface area (Å²) < 4.78 is 49.4. The Morgan fingerprint density at radius 1 is 0.880 bits per heavy atom. The van der Waals surface area contributed by atoms with Crippen molar-refractivity contribution in [1.29, 1.82) is 0 Å². The first kappa shape index (κ1) is 20.7. The molecular formula is C17H26ClNO4S2. The predicted octanol–water partition coefficient (Wildman–Crippen LogP) is 2.24. The van der Waals surface area contributed by atoms with Crippen molar-refractivity contribution in [3.05, 3.63) is 35.9 Å². The molecule has 0 bridgehead atoms. The predicted molar refractivity (Wildman–Crippen MR) is 103 cm³/mol. The minimum absolute atomic E-state index is 0. The molecule has 0 radical (unpaired) electrons. The lowest BCUT2D eigenvalue weighted by Crippen LogP contribution is -2.45. The van der Waals surface area contributed by atoms with E-state index in [4.69, 9.17) is 0 Å². The molecule has 142 valence electrons. The molecule has 2 aliphatic heterocycles. The molecule has 2 heterocycles. The summed E-state index contributed by atoms with van der Waals surface area (Å²) >= 11 is 0. The summed E-state index contributed by atoms with van der Waals surface area (Å²) in [5.74, 6) is -0.589. The molecule has 1 aromatic rings. The van der Waals surface area contributed by atoms with E-state index < -0.39 is 30.2 Å². The van der Waals surface area contributed by atoms with Crippen molar-refractivity contribution >= 4 is 32.1 Å². The standard InChI is InChI=1S/C17H25NO4S2.ClH/c19-23(20)13-16(15-7-3-1-4-8-15)14-24(21,22)17(23)9-12-18-10-5-2-6-11-18;/h1,3-4,7-8,16-17H,2,5-6,9-14H2;1H. The van der Waals surface area contributed by atoms with Crippen LogP contribution in [0.2, 0.25) is 0 Å². The van der Waals surface area contributed by atoms with Crippen LogP contribution in [0.5, 0.6) is 0 Å². The maximum Gasteiger partial charge on any atom is 0.168 e. The molecule has 0 unspecified atom stereocenters. The van der Waals surface area contributed by atoms with Gasteiger partial charge in [0.2, 0.25) is 0 Å². The molecule has 8 heteroatoms. The van der Waals surface area contributed by atoms with E-state index in [0.717, 1.165) is 31.5 Å². The number of piperidine rings is 1. The highest BCUT2D eigenvalue weighted by Crippen LogP contribution is 2.32. The van der Waals surface area contributed by atoms with Crippen LogP contribution in [0.1, 0.15) is 37.2 Å². The Kier molecular flexibility index (Phi) is 6.93. The molecule has 0 aromatic heterocycles. The van der Waals surface area contributed by atoms with Crippen molar-refractivity contribution in [3.8, 4) is 0 Å². The molecule has 0 aliphatic carbocycles. The van der Waals surface area contributed by atoms with E-state index in [1.54, 1.807) is 0 Å². The van der Waals surface area contributed by atoms with Crippen LogP contribution in [0.4, 0.5) is 0 Å². The molecule has 3 rings (SSSR count). The monoisotopic (exact) mass is 407 g/mol. The number of hydrogen-bond donors (Lipinski definition) is 0. The fourth-order valence-corrected chi connectivity index (χ4v) is 9.30. The van der Waals surface area contributed by atoms with Gasteiger partial charge in [0.1, 0.15) is 0 Å². The van der Waals surface area contributed by atoms with Crippen molar-refractivity contribution < 1.29 is 16.8 Å². The maximum atomic E-state index is 12.7. The van der Waals surface area contributed by atoms with Gasteiger partial charge in [-0.1, -0.05) is 36.8 Å². The largest absolute Gasteiger partial charge is 0.303 e. The zero-order valence-electron chi connectivity index (χ0n) is 14.2. The van der Waals surface area contributed by atoms with Gasteiger partial charge in [-0.15, -0.1) is 12.4 Å². The number of rotatable bonds is 4. The summed E-state index contributed by atoms with van der Waals surface area (Å²) in [5.41, 5.74) is 0.791. The second-order valence-corrected chi connectivity index (χ2v) is 11.6. The second kappa shape index (κ2) is 8.37. The molecule has 2 fully saturated rings. The molecule has 2 saturated heterocycles. The number of hydrogen-bond acceptors (Lipinski definition) is 5. The van der Waals surface area contributed by atoms with E-state index >= 15 is 0 Å². The molecule has 1 aromatic carbocycles. The topological polar surface area (TPSA) is 71.5 Å². The van der Waals surface area contributed by atoms with Crippen LogP contribution in [0.25, 0.3) is 0 Å². The lowest BCUT2D eigenvalue weighted by Gasteiger charge is -2.32. The first-order valence-electron chi connectivity index (χ1n) is 8.59. The number of likely N-dealkylation sites (tertiary alicyclic amines) is 1. The number of halogens is 1. The van der Waals surface area contributed by atoms with Crippen LogP contribution < -0.4 is 0 Å². The Hall–Kier alpha value is -0.630. The molecule has 2 aliphatic rings. The van der Waals surface area contributed by atoms with E-state index in [0.29, 0.717) is 6.54 Å². The third-order valence-corrected chi connectivity index (χ3v) is 10.6. The van der Waals surface area contributed by atoms with Crippen LogP contribution >= 0.6 is 12.4 Å². The maximum absolute atomic E-state index is 12.7. The summed E-state index contributed by atoms with van der Waals surface area (Å²) in [6.07, 6.45) is 3.63. The summed E-state index contributed by atoms with van der Waals surface area (Å²) in [6, 6.07) is 9.10. The van der Waals surface area contributed by atoms with Crippen molar-refractivity contribution in [2.24, 2.45) is 0 Å². The highest BCUT2D eigenvalue weighted by molar-refractivity contribution is 8.09. The van der Waals surface area contributed by atoms with Crippen molar-refractivity contribution in [1.82, 2.24) is 4.90 Å². The van der Waals surface area contributed by atoms with Gasteiger partial charge >= 0.3 is 0 Å². The molecule has 0 spiro atoms. The lowest BCUT2D eigenvalue weighted by atomic mass is 10.0. The SMILES string of the molecule is Cl.O=S1(=O)CC(c2ccccc2)CS(=O)(=O)C1CCN1CCCCC1. The lowest BCUT2D eigenvalue weighted by molar-refractivity contribution is 0.228. The first-order chi connectivity index (χ1) is 11.4. The fraction of sp³-hybridized carbons (Fsp3) is 0.647. The zero-order chi connectivity index (χ0) is 17.2. The molecular weight excluding hydrogens is 382 g/mol. The molecule has 0 amide bonds. The van der Waals surface area contributed by atoms with E-state index in [-0.39, 0.29) is 30.3 Å². The van der Waals surface area contributed by atoms with Gasteiger partial charge in [0.05, 0.1) is 11.5 Å². The molecule has 0 atom stereocenters. The smallest absolute Gasteiger partial charge is 0.168 e. The number of benzene rings is 1. The van der Waals surface area contributed by atoms with E-state index in [1.165, 1.54) is 6.42 Å². The molecule has 0 N–H and O–H groups in total. The van der Waals surface area contributed by atoms with E-state index in [2.05, 4.69) is 4.90 Å². The van der Waals surface area contributed by atoms with E-state index in [9.17, 15) is 16.8 Å². The Morgan fingerprint density at radius 2 is 1.44 bits per heavy atom. The van der Waals surface area contributed by atoms with E-state index in [1.807, 2.05) is 30.3 Å². The Bertz CT molecular complexity index is 723. The molecule has 5 nitrogen and oxygen atoms in total. The van der Waals surface area contributed by atoms with Gasteiger partial charge in [-0.3, -0.25) is 0 Å². The average molecular weight is 408 g/mol. The van der Waals surface area contributed by atoms with Crippen LogP contribution in [-0.4, -0.2) is 57.5 Å². The van der Waals surface area contributed by atoms with Gasteiger partial charge < -0.3 is 4.90 Å². The molecule has 0 saturated carbocycles. The highest BCUT2D eigenvalue weighted by Gasteiger charge is 2.45. The summed E-state index contributed by atoms with van der Waals surface area (Å²) in [7, 11) is -7.29. The van der Waals surface area contributed by atoms with Gasteiger partial charge in [-0.2, -0.15) is 0 Å². The Morgan fingerprint density at radius 3 is 2.00 bits per heavy atom. The Labute approximate surface area is 157 Å². The average Bonchev–Trinajstić information content (AvgIpc) is 2.54. The molecule has 25 heavy (non-hydrogen) atoms.